The highest BCUT2D eigenvalue weighted by molar-refractivity contribution is 7.09. The molecule has 1 aliphatic heterocycles. The first kappa shape index (κ1) is 17.1. The molecule has 5 nitrogen and oxygen atoms in total. The lowest BCUT2D eigenvalue weighted by Crippen LogP contribution is -2.46. The van der Waals surface area contributed by atoms with Crippen LogP contribution in [0.15, 0.2) is 42.0 Å². The molecule has 0 aliphatic carbocycles. The van der Waals surface area contributed by atoms with E-state index in [4.69, 9.17) is 4.98 Å². The number of hydrogen-bond donors (Lipinski definition) is 0. The SMILES string of the molecule is Cc1ncnc(N2CCN(Cc3nc(-c4ccccc4)cs3)CC2)c1F. The van der Waals surface area contributed by atoms with Gasteiger partial charge in [0.1, 0.15) is 11.3 Å². The van der Waals surface area contributed by atoms with Gasteiger partial charge in [0.15, 0.2) is 11.6 Å². The van der Waals surface area contributed by atoms with Crippen LogP contribution in [0.25, 0.3) is 11.3 Å². The first-order valence-corrected chi connectivity index (χ1v) is 9.53. The van der Waals surface area contributed by atoms with E-state index >= 15 is 0 Å². The quantitative estimate of drug-likeness (QED) is 0.706. The Hall–Kier alpha value is -2.38. The highest BCUT2D eigenvalue weighted by Gasteiger charge is 2.22. The molecular formula is C19H20FN5S. The number of nitrogens with zero attached hydrogens (tertiary/aromatic N) is 5. The lowest BCUT2D eigenvalue weighted by molar-refractivity contribution is 0.248. The smallest absolute Gasteiger partial charge is 0.186 e. The number of aryl methyl sites for hydroxylation is 1. The van der Waals surface area contributed by atoms with E-state index in [0.717, 1.165) is 49.0 Å². The summed E-state index contributed by atoms with van der Waals surface area (Å²) < 4.78 is 14.2. The van der Waals surface area contributed by atoms with Crippen molar-refractivity contribution in [2.24, 2.45) is 0 Å². The van der Waals surface area contributed by atoms with Gasteiger partial charge in [0.2, 0.25) is 0 Å². The van der Waals surface area contributed by atoms with Crippen LogP contribution >= 0.6 is 11.3 Å². The molecule has 7 heteroatoms. The van der Waals surface area contributed by atoms with Crippen molar-refractivity contribution in [1.82, 2.24) is 19.9 Å². The summed E-state index contributed by atoms with van der Waals surface area (Å²) in [7, 11) is 0. The monoisotopic (exact) mass is 369 g/mol. The number of anilines is 1. The standard InChI is InChI=1S/C19H20FN5S/c1-14-18(20)19(22-13-21-14)25-9-7-24(8-10-25)11-17-23-16(12-26-17)15-5-3-2-4-6-15/h2-6,12-13H,7-11H2,1H3. The van der Waals surface area contributed by atoms with Crippen LogP contribution < -0.4 is 4.90 Å². The van der Waals surface area contributed by atoms with Crippen molar-refractivity contribution in [2.45, 2.75) is 13.5 Å². The van der Waals surface area contributed by atoms with E-state index in [9.17, 15) is 4.39 Å². The number of benzene rings is 1. The van der Waals surface area contributed by atoms with Gasteiger partial charge in [-0.3, -0.25) is 4.90 Å². The van der Waals surface area contributed by atoms with Crippen molar-refractivity contribution >= 4 is 17.2 Å². The molecule has 1 aliphatic rings. The molecule has 134 valence electrons. The largest absolute Gasteiger partial charge is 0.352 e. The fraction of sp³-hybridized carbons (Fsp3) is 0.316. The first-order chi connectivity index (χ1) is 12.7. The molecule has 4 rings (SSSR count). The molecule has 0 atom stereocenters. The van der Waals surface area contributed by atoms with Gasteiger partial charge < -0.3 is 4.90 Å². The molecule has 0 N–H and O–H groups in total. The Morgan fingerprint density at radius 1 is 1.08 bits per heavy atom. The van der Waals surface area contributed by atoms with Gasteiger partial charge in [0.25, 0.3) is 0 Å². The molecule has 0 saturated carbocycles. The minimum absolute atomic E-state index is 0.312. The zero-order valence-electron chi connectivity index (χ0n) is 14.6. The maximum absolute atomic E-state index is 14.2. The fourth-order valence-corrected chi connectivity index (χ4v) is 3.94. The Labute approximate surface area is 156 Å². The highest BCUT2D eigenvalue weighted by Crippen LogP contribution is 2.24. The summed E-state index contributed by atoms with van der Waals surface area (Å²) in [6.07, 6.45) is 1.43. The normalized spacial score (nSPS) is 15.4. The second-order valence-corrected chi connectivity index (χ2v) is 7.30. The van der Waals surface area contributed by atoms with Gasteiger partial charge in [-0.1, -0.05) is 30.3 Å². The van der Waals surface area contributed by atoms with Crippen LogP contribution in [0.3, 0.4) is 0 Å². The average molecular weight is 369 g/mol. The number of thiazole rings is 1. The van der Waals surface area contributed by atoms with Gasteiger partial charge in [-0.2, -0.15) is 0 Å². The van der Waals surface area contributed by atoms with Crippen molar-refractivity contribution < 1.29 is 4.39 Å². The number of rotatable bonds is 4. The summed E-state index contributed by atoms with van der Waals surface area (Å²) in [6.45, 7) is 5.74. The number of piperazine rings is 1. The predicted octanol–water partition coefficient (Wildman–Crippen LogP) is 3.37. The molecule has 1 fully saturated rings. The van der Waals surface area contributed by atoms with Gasteiger partial charge in [-0.25, -0.2) is 19.3 Å². The van der Waals surface area contributed by atoms with Crippen molar-refractivity contribution in [1.29, 1.82) is 0 Å². The minimum atomic E-state index is -0.312. The molecule has 1 saturated heterocycles. The summed E-state index contributed by atoms with van der Waals surface area (Å²) in [5.41, 5.74) is 2.57. The van der Waals surface area contributed by atoms with Gasteiger partial charge >= 0.3 is 0 Å². The van der Waals surface area contributed by atoms with Crippen molar-refractivity contribution in [3.8, 4) is 11.3 Å². The summed E-state index contributed by atoms with van der Waals surface area (Å²) in [4.78, 5) is 17.1. The van der Waals surface area contributed by atoms with Crippen LogP contribution in [0.4, 0.5) is 10.2 Å². The summed E-state index contributed by atoms with van der Waals surface area (Å²) in [5.74, 6) is 0.103. The van der Waals surface area contributed by atoms with Crippen LogP contribution in [0.5, 0.6) is 0 Å². The highest BCUT2D eigenvalue weighted by atomic mass is 32.1. The van der Waals surface area contributed by atoms with Gasteiger partial charge in [-0.05, 0) is 6.92 Å². The summed E-state index contributed by atoms with van der Waals surface area (Å²) in [5, 5.41) is 3.22. The van der Waals surface area contributed by atoms with Crippen molar-refractivity contribution in [2.75, 3.05) is 31.1 Å². The molecule has 0 bridgehead atoms. The third kappa shape index (κ3) is 3.59. The van der Waals surface area contributed by atoms with Crippen LogP contribution in [0.2, 0.25) is 0 Å². The first-order valence-electron chi connectivity index (χ1n) is 8.65. The van der Waals surface area contributed by atoms with E-state index in [1.165, 1.54) is 6.33 Å². The molecule has 3 aromatic rings. The third-order valence-electron chi connectivity index (χ3n) is 4.60. The van der Waals surface area contributed by atoms with E-state index in [-0.39, 0.29) is 5.82 Å². The van der Waals surface area contributed by atoms with E-state index in [1.54, 1.807) is 18.3 Å². The fourth-order valence-electron chi connectivity index (χ4n) is 3.10. The van der Waals surface area contributed by atoms with Crippen LogP contribution in [-0.2, 0) is 6.54 Å². The Bertz CT molecular complexity index is 875. The summed E-state index contributed by atoms with van der Waals surface area (Å²) in [6, 6.07) is 10.2. The van der Waals surface area contributed by atoms with Crippen LogP contribution in [0, 0.1) is 12.7 Å². The van der Waals surface area contributed by atoms with Crippen LogP contribution in [-0.4, -0.2) is 46.0 Å². The van der Waals surface area contributed by atoms with E-state index in [0.29, 0.717) is 11.5 Å². The Morgan fingerprint density at radius 3 is 2.62 bits per heavy atom. The van der Waals surface area contributed by atoms with E-state index < -0.39 is 0 Å². The maximum Gasteiger partial charge on any atom is 0.186 e. The zero-order valence-corrected chi connectivity index (χ0v) is 15.4. The van der Waals surface area contributed by atoms with Crippen molar-refractivity contribution in [3.05, 3.63) is 58.6 Å². The van der Waals surface area contributed by atoms with Crippen LogP contribution in [0.1, 0.15) is 10.7 Å². The molecule has 3 heterocycles. The second-order valence-electron chi connectivity index (χ2n) is 6.35. The lowest BCUT2D eigenvalue weighted by atomic mass is 10.2. The minimum Gasteiger partial charge on any atom is -0.352 e. The molecule has 0 unspecified atom stereocenters. The maximum atomic E-state index is 14.2. The van der Waals surface area contributed by atoms with E-state index in [2.05, 4.69) is 32.4 Å². The average Bonchev–Trinajstić information content (AvgIpc) is 3.14. The Balaban J connectivity index is 1.37. The Kier molecular flexibility index (Phi) is 4.90. The predicted molar refractivity (Wildman–Crippen MR) is 102 cm³/mol. The van der Waals surface area contributed by atoms with Gasteiger partial charge in [-0.15, -0.1) is 11.3 Å². The number of aromatic nitrogens is 3. The molecular weight excluding hydrogens is 349 g/mol. The number of halogens is 1. The van der Waals surface area contributed by atoms with Gasteiger partial charge in [0.05, 0.1) is 17.9 Å². The van der Waals surface area contributed by atoms with Gasteiger partial charge in [0, 0.05) is 37.1 Å². The summed E-state index contributed by atoms with van der Waals surface area (Å²) >= 11 is 1.69. The number of hydrogen-bond acceptors (Lipinski definition) is 6. The van der Waals surface area contributed by atoms with E-state index in [1.807, 2.05) is 23.1 Å². The Morgan fingerprint density at radius 2 is 1.85 bits per heavy atom. The molecule has 0 radical (unpaired) electrons. The lowest BCUT2D eigenvalue weighted by Gasteiger charge is -2.35. The zero-order chi connectivity index (χ0) is 17.9. The molecule has 1 aromatic carbocycles. The molecule has 2 aromatic heterocycles. The second kappa shape index (κ2) is 7.47. The molecule has 0 amide bonds. The van der Waals surface area contributed by atoms with Crippen molar-refractivity contribution in [3.63, 3.8) is 0 Å². The third-order valence-corrected chi connectivity index (χ3v) is 5.43. The molecule has 26 heavy (non-hydrogen) atoms. The topological polar surface area (TPSA) is 45.2 Å². The molecule has 0 spiro atoms.